The molecular weight excluding hydrogens is 412 g/mol. The van der Waals surface area contributed by atoms with Crippen LogP contribution in [0.3, 0.4) is 0 Å². The Labute approximate surface area is 184 Å². The molecule has 1 amide bonds. The van der Waals surface area contributed by atoms with E-state index in [4.69, 9.17) is 10.5 Å². The van der Waals surface area contributed by atoms with Crippen molar-refractivity contribution >= 4 is 23.2 Å². The molecule has 3 N–H and O–H groups in total. The SMILES string of the molecule is COc1ccc(C(C)=O)cc1CC(=O)N(C)c1c(N)n(Cc2ccccc2)c(=O)[nH]c1=O. The smallest absolute Gasteiger partial charge is 0.330 e. The third-order valence-electron chi connectivity index (χ3n) is 5.14. The molecule has 3 aromatic rings. The minimum absolute atomic E-state index is 0.122. The number of likely N-dealkylation sites (N-methyl/N-ethyl adjacent to an activating group) is 1. The number of carbonyl (C=O) groups excluding carboxylic acids is 2. The maximum atomic E-state index is 13.0. The van der Waals surface area contributed by atoms with Crippen LogP contribution in [-0.2, 0) is 17.8 Å². The van der Waals surface area contributed by atoms with Crippen LogP contribution in [0.2, 0.25) is 0 Å². The summed E-state index contributed by atoms with van der Waals surface area (Å²) in [6.45, 7) is 1.56. The van der Waals surface area contributed by atoms with Gasteiger partial charge in [-0.3, -0.25) is 23.9 Å². The zero-order valence-corrected chi connectivity index (χ0v) is 18.0. The van der Waals surface area contributed by atoms with Crippen molar-refractivity contribution in [1.29, 1.82) is 0 Å². The molecule has 0 aliphatic rings. The Bertz CT molecular complexity index is 1280. The number of carbonyl (C=O) groups is 2. The van der Waals surface area contributed by atoms with Crippen LogP contribution in [0.5, 0.6) is 5.75 Å². The number of rotatable bonds is 7. The Morgan fingerprint density at radius 2 is 1.81 bits per heavy atom. The van der Waals surface area contributed by atoms with Crippen molar-refractivity contribution in [2.45, 2.75) is 19.9 Å². The lowest BCUT2D eigenvalue weighted by Crippen LogP contribution is -2.40. The molecule has 0 atom stereocenters. The molecule has 9 heteroatoms. The number of hydrogen-bond donors (Lipinski definition) is 2. The Kier molecular flexibility index (Phi) is 6.58. The second-order valence-electron chi connectivity index (χ2n) is 7.28. The van der Waals surface area contributed by atoms with Gasteiger partial charge in [-0.25, -0.2) is 4.79 Å². The van der Waals surface area contributed by atoms with Gasteiger partial charge in [0.25, 0.3) is 5.56 Å². The largest absolute Gasteiger partial charge is 0.496 e. The lowest BCUT2D eigenvalue weighted by atomic mass is 10.0. The van der Waals surface area contributed by atoms with Gasteiger partial charge in [0.15, 0.2) is 11.5 Å². The number of benzene rings is 2. The van der Waals surface area contributed by atoms with Gasteiger partial charge >= 0.3 is 5.69 Å². The number of Topliss-reactive ketones (excluding diaryl/α,β-unsaturated/α-hetero) is 1. The fraction of sp³-hybridized carbons (Fsp3) is 0.217. The van der Waals surface area contributed by atoms with E-state index in [0.717, 1.165) is 10.5 Å². The number of nitrogens with two attached hydrogens (primary N) is 1. The molecule has 1 aromatic heterocycles. The third-order valence-corrected chi connectivity index (χ3v) is 5.14. The van der Waals surface area contributed by atoms with Crippen LogP contribution < -0.4 is 26.6 Å². The van der Waals surface area contributed by atoms with Gasteiger partial charge in [0.1, 0.15) is 11.6 Å². The molecule has 0 fully saturated rings. The van der Waals surface area contributed by atoms with Gasteiger partial charge in [-0.15, -0.1) is 0 Å². The number of aromatic amines is 1. The number of H-pyrrole nitrogens is 1. The first-order valence-electron chi connectivity index (χ1n) is 9.83. The van der Waals surface area contributed by atoms with E-state index in [-0.39, 0.29) is 30.3 Å². The summed E-state index contributed by atoms with van der Waals surface area (Å²) < 4.78 is 6.50. The van der Waals surface area contributed by atoms with Crippen molar-refractivity contribution in [2.24, 2.45) is 0 Å². The first kappa shape index (κ1) is 22.5. The zero-order chi connectivity index (χ0) is 23.4. The van der Waals surface area contributed by atoms with Crippen molar-refractivity contribution in [3.8, 4) is 5.75 Å². The predicted molar refractivity (Wildman–Crippen MR) is 121 cm³/mol. The summed E-state index contributed by atoms with van der Waals surface area (Å²) in [7, 11) is 2.87. The Morgan fingerprint density at radius 1 is 1.12 bits per heavy atom. The summed E-state index contributed by atoms with van der Waals surface area (Å²) in [5.74, 6) is -0.301. The molecular formula is C23H24N4O5. The van der Waals surface area contributed by atoms with E-state index in [9.17, 15) is 19.2 Å². The van der Waals surface area contributed by atoms with E-state index in [0.29, 0.717) is 16.9 Å². The van der Waals surface area contributed by atoms with Crippen LogP contribution >= 0.6 is 0 Å². The standard InChI is InChI=1S/C23H24N4O5/c1-14(28)16-9-10-18(32-3)17(11-16)12-19(29)26(2)20-21(24)27(23(31)25-22(20)30)13-15-7-5-4-6-8-15/h4-11H,12-13,24H2,1-3H3,(H,25,30,31). The van der Waals surface area contributed by atoms with E-state index in [1.807, 2.05) is 30.3 Å². The highest BCUT2D eigenvalue weighted by Crippen LogP contribution is 2.23. The van der Waals surface area contributed by atoms with Crippen LogP contribution in [0.1, 0.15) is 28.4 Å². The van der Waals surface area contributed by atoms with Crippen molar-refractivity contribution in [2.75, 3.05) is 24.8 Å². The van der Waals surface area contributed by atoms with Crippen molar-refractivity contribution in [3.05, 3.63) is 86.1 Å². The first-order valence-corrected chi connectivity index (χ1v) is 9.83. The van der Waals surface area contributed by atoms with E-state index in [1.165, 1.54) is 25.6 Å². The molecule has 1 heterocycles. The lowest BCUT2D eigenvalue weighted by molar-refractivity contribution is -0.117. The molecule has 0 aliphatic carbocycles. The van der Waals surface area contributed by atoms with Gasteiger partial charge in [-0.2, -0.15) is 0 Å². The van der Waals surface area contributed by atoms with Crippen molar-refractivity contribution in [3.63, 3.8) is 0 Å². The van der Waals surface area contributed by atoms with Crippen LogP contribution in [0.4, 0.5) is 11.5 Å². The zero-order valence-electron chi connectivity index (χ0n) is 18.0. The predicted octanol–water partition coefficient (Wildman–Crippen LogP) is 1.58. The van der Waals surface area contributed by atoms with Crippen molar-refractivity contribution in [1.82, 2.24) is 9.55 Å². The van der Waals surface area contributed by atoms with Gasteiger partial charge in [0.2, 0.25) is 5.91 Å². The summed E-state index contributed by atoms with van der Waals surface area (Å²) in [6.07, 6.45) is -0.141. The summed E-state index contributed by atoms with van der Waals surface area (Å²) in [5, 5.41) is 0. The monoisotopic (exact) mass is 436 g/mol. The second-order valence-corrected chi connectivity index (χ2v) is 7.28. The number of nitrogen functional groups attached to an aromatic ring is 1. The summed E-state index contributed by atoms with van der Waals surface area (Å²) >= 11 is 0. The van der Waals surface area contributed by atoms with E-state index >= 15 is 0 Å². The molecule has 0 saturated heterocycles. The van der Waals surface area contributed by atoms with Crippen LogP contribution in [0.15, 0.2) is 58.1 Å². The molecule has 9 nitrogen and oxygen atoms in total. The highest BCUT2D eigenvalue weighted by molar-refractivity contribution is 5.98. The molecule has 0 aliphatic heterocycles. The number of aromatic nitrogens is 2. The fourth-order valence-corrected chi connectivity index (χ4v) is 3.37. The summed E-state index contributed by atoms with van der Waals surface area (Å²) in [5.41, 5.74) is 6.33. The number of nitrogens with zero attached hydrogens (tertiary/aromatic N) is 2. The van der Waals surface area contributed by atoms with Crippen LogP contribution in [-0.4, -0.2) is 35.4 Å². The van der Waals surface area contributed by atoms with Gasteiger partial charge in [0.05, 0.1) is 20.1 Å². The van der Waals surface area contributed by atoms with Gasteiger partial charge in [-0.05, 0) is 30.7 Å². The molecule has 0 saturated carbocycles. The highest BCUT2D eigenvalue weighted by Gasteiger charge is 2.22. The maximum Gasteiger partial charge on any atom is 0.330 e. The van der Waals surface area contributed by atoms with E-state index < -0.39 is 17.2 Å². The Morgan fingerprint density at radius 3 is 2.44 bits per heavy atom. The van der Waals surface area contributed by atoms with Gasteiger partial charge < -0.3 is 15.4 Å². The second kappa shape index (κ2) is 9.34. The topological polar surface area (TPSA) is 127 Å². The van der Waals surface area contributed by atoms with Crippen molar-refractivity contribution < 1.29 is 14.3 Å². The molecule has 0 spiro atoms. The fourth-order valence-electron chi connectivity index (χ4n) is 3.37. The lowest BCUT2D eigenvalue weighted by Gasteiger charge is -2.21. The first-order chi connectivity index (χ1) is 15.2. The Balaban J connectivity index is 1.96. The number of methoxy groups -OCH3 is 1. The van der Waals surface area contributed by atoms with Crippen LogP contribution in [0, 0.1) is 0 Å². The van der Waals surface area contributed by atoms with Gasteiger partial charge in [-0.1, -0.05) is 30.3 Å². The Hall–Kier alpha value is -4.14. The molecule has 0 radical (unpaired) electrons. The molecule has 0 bridgehead atoms. The minimum atomic E-state index is -0.767. The van der Waals surface area contributed by atoms with Gasteiger partial charge in [0, 0.05) is 18.2 Å². The number of ketones is 1. The van der Waals surface area contributed by atoms with E-state index in [1.54, 1.807) is 18.2 Å². The maximum absolute atomic E-state index is 13.0. The van der Waals surface area contributed by atoms with Crippen LogP contribution in [0.25, 0.3) is 0 Å². The molecule has 166 valence electrons. The van der Waals surface area contributed by atoms with E-state index in [2.05, 4.69) is 4.98 Å². The molecule has 32 heavy (non-hydrogen) atoms. The minimum Gasteiger partial charge on any atom is -0.496 e. The third kappa shape index (κ3) is 4.61. The molecule has 2 aromatic carbocycles. The quantitative estimate of drug-likeness (QED) is 0.542. The number of anilines is 2. The number of amides is 1. The highest BCUT2D eigenvalue weighted by atomic mass is 16.5. The molecule has 3 rings (SSSR count). The summed E-state index contributed by atoms with van der Waals surface area (Å²) in [6, 6.07) is 13.9. The average molecular weight is 436 g/mol. The average Bonchev–Trinajstić information content (AvgIpc) is 2.77. The normalized spacial score (nSPS) is 10.6. The molecule has 0 unspecified atom stereocenters. The summed E-state index contributed by atoms with van der Waals surface area (Å²) in [4.78, 5) is 52.9. The number of ether oxygens (including phenoxy) is 1. The number of nitrogens with one attached hydrogen (secondary N) is 1. The number of hydrogen-bond acceptors (Lipinski definition) is 6.